The quantitative estimate of drug-likeness (QED) is 0.849. The summed E-state index contributed by atoms with van der Waals surface area (Å²) in [5.41, 5.74) is 1.71. The summed E-state index contributed by atoms with van der Waals surface area (Å²) in [5, 5.41) is 23.3. The molecular weight excluding hydrogens is 276 g/mol. The molecule has 0 atom stereocenters. The third kappa shape index (κ3) is 2.93. The van der Waals surface area contributed by atoms with Gasteiger partial charge in [-0.15, -0.1) is 16.4 Å². The number of aromatic carboxylic acids is 1. The van der Waals surface area contributed by atoms with Crippen molar-refractivity contribution in [3.8, 4) is 0 Å². The molecule has 0 aliphatic rings. The molecule has 0 amide bonds. The number of carbonyl (C=O) groups is 1. The molecule has 2 aromatic heterocycles. The molecule has 0 aliphatic heterocycles. The molecule has 0 radical (unpaired) electrons. The first-order valence-corrected chi connectivity index (χ1v) is 7.29. The molecule has 0 saturated carbocycles. The summed E-state index contributed by atoms with van der Waals surface area (Å²) in [6, 6.07) is 0. The summed E-state index contributed by atoms with van der Waals surface area (Å²) in [6.07, 6.45) is 3.00. The van der Waals surface area contributed by atoms with Gasteiger partial charge in [-0.3, -0.25) is 0 Å². The first kappa shape index (κ1) is 14.4. The minimum absolute atomic E-state index is 0.218. The maximum absolute atomic E-state index is 11.5. The van der Waals surface area contributed by atoms with E-state index in [1.807, 2.05) is 19.2 Å². The highest BCUT2D eigenvalue weighted by Gasteiger charge is 2.20. The van der Waals surface area contributed by atoms with Gasteiger partial charge in [0.15, 0.2) is 5.82 Å². The number of nitrogens with one attached hydrogen (secondary N) is 1. The topological polar surface area (TPSA) is 88.0 Å². The first-order valence-electron chi connectivity index (χ1n) is 6.41. The van der Waals surface area contributed by atoms with Gasteiger partial charge in [0.05, 0.1) is 12.2 Å². The second-order valence-electron chi connectivity index (χ2n) is 4.14. The van der Waals surface area contributed by atoms with Gasteiger partial charge in [0, 0.05) is 11.6 Å². The molecule has 2 N–H and O–H groups in total. The summed E-state index contributed by atoms with van der Waals surface area (Å²) >= 11 is 1.50. The van der Waals surface area contributed by atoms with Crippen molar-refractivity contribution in [1.82, 2.24) is 15.2 Å². The maximum Gasteiger partial charge on any atom is 0.339 e. The smallest absolute Gasteiger partial charge is 0.339 e. The summed E-state index contributed by atoms with van der Waals surface area (Å²) < 4.78 is 0. The first-order chi connectivity index (χ1) is 9.67. The molecule has 0 aliphatic carbocycles. The second-order valence-corrected chi connectivity index (χ2v) is 5.12. The lowest BCUT2D eigenvalue weighted by Crippen LogP contribution is -2.15. The van der Waals surface area contributed by atoms with Crippen LogP contribution in [-0.2, 0) is 19.4 Å². The summed E-state index contributed by atoms with van der Waals surface area (Å²) in [4.78, 5) is 15.7. The Labute approximate surface area is 120 Å². The van der Waals surface area contributed by atoms with Crippen LogP contribution in [-0.4, -0.2) is 26.3 Å². The molecule has 0 aromatic carbocycles. The number of anilines is 1. The van der Waals surface area contributed by atoms with Gasteiger partial charge >= 0.3 is 5.97 Å². The zero-order chi connectivity index (χ0) is 14.5. The van der Waals surface area contributed by atoms with E-state index in [1.165, 1.54) is 11.3 Å². The molecule has 2 heterocycles. The number of rotatable bonds is 6. The van der Waals surface area contributed by atoms with Crippen LogP contribution in [0.15, 0.2) is 11.6 Å². The van der Waals surface area contributed by atoms with Crippen molar-refractivity contribution in [2.45, 2.75) is 33.2 Å². The van der Waals surface area contributed by atoms with Crippen LogP contribution in [0.25, 0.3) is 0 Å². The van der Waals surface area contributed by atoms with Crippen molar-refractivity contribution in [2.75, 3.05) is 5.32 Å². The van der Waals surface area contributed by atoms with Gasteiger partial charge in [0.1, 0.15) is 10.6 Å². The fourth-order valence-corrected chi connectivity index (χ4v) is 2.58. The molecule has 2 rings (SSSR count). The fourth-order valence-electron chi connectivity index (χ4n) is 2.03. The monoisotopic (exact) mass is 292 g/mol. The highest BCUT2D eigenvalue weighted by Crippen LogP contribution is 2.21. The number of thiazole rings is 1. The van der Waals surface area contributed by atoms with Gasteiger partial charge in [0.2, 0.25) is 0 Å². The third-order valence-corrected chi connectivity index (χ3v) is 3.73. The van der Waals surface area contributed by atoms with E-state index in [9.17, 15) is 9.90 Å². The van der Waals surface area contributed by atoms with E-state index in [0.717, 1.165) is 16.3 Å². The molecular formula is C13H16N4O2S. The Morgan fingerprint density at radius 1 is 1.35 bits per heavy atom. The lowest BCUT2D eigenvalue weighted by atomic mass is 10.0. The standard InChI is InChI=1S/C13H16N4O2S/c1-3-8-9(4-2)16-17-12(11(8)13(18)19)15-7-10-14-5-6-20-10/h5-6H,3-4,7H2,1-2H3,(H,15,17)(H,18,19). The highest BCUT2D eigenvalue weighted by atomic mass is 32.1. The number of aryl methyl sites for hydroxylation is 1. The van der Waals surface area contributed by atoms with E-state index in [0.29, 0.717) is 25.2 Å². The Morgan fingerprint density at radius 2 is 2.15 bits per heavy atom. The molecule has 7 heteroatoms. The second kappa shape index (κ2) is 6.42. The molecule has 0 bridgehead atoms. The lowest BCUT2D eigenvalue weighted by molar-refractivity contribution is 0.0696. The average Bonchev–Trinajstić information content (AvgIpc) is 2.96. The van der Waals surface area contributed by atoms with Gasteiger partial charge in [0.25, 0.3) is 0 Å². The molecule has 0 fully saturated rings. The Bertz CT molecular complexity index is 599. The van der Waals surface area contributed by atoms with Crippen molar-refractivity contribution in [2.24, 2.45) is 0 Å². The maximum atomic E-state index is 11.5. The molecule has 0 unspecified atom stereocenters. The van der Waals surface area contributed by atoms with Gasteiger partial charge in [-0.25, -0.2) is 9.78 Å². The van der Waals surface area contributed by atoms with E-state index < -0.39 is 5.97 Å². The van der Waals surface area contributed by atoms with Gasteiger partial charge in [-0.05, 0) is 18.4 Å². The minimum Gasteiger partial charge on any atom is -0.478 e. The van der Waals surface area contributed by atoms with E-state index in [2.05, 4.69) is 20.5 Å². The normalized spacial score (nSPS) is 10.5. The lowest BCUT2D eigenvalue weighted by Gasteiger charge is -2.13. The molecule has 20 heavy (non-hydrogen) atoms. The third-order valence-electron chi connectivity index (χ3n) is 2.95. The van der Waals surface area contributed by atoms with Crippen molar-refractivity contribution < 1.29 is 9.90 Å². The van der Waals surface area contributed by atoms with E-state index in [-0.39, 0.29) is 5.56 Å². The summed E-state index contributed by atoms with van der Waals surface area (Å²) in [7, 11) is 0. The number of hydrogen-bond acceptors (Lipinski definition) is 6. The Kier molecular flexibility index (Phi) is 4.62. The predicted octanol–water partition coefficient (Wildman–Crippen LogP) is 2.37. The zero-order valence-electron chi connectivity index (χ0n) is 11.4. The van der Waals surface area contributed by atoms with Crippen molar-refractivity contribution >= 4 is 23.1 Å². The minimum atomic E-state index is -0.979. The number of hydrogen-bond donors (Lipinski definition) is 2. The number of nitrogens with zero attached hydrogens (tertiary/aromatic N) is 3. The van der Waals surface area contributed by atoms with Crippen LogP contribution in [0.3, 0.4) is 0 Å². The van der Waals surface area contributed by atoms with Crippen LogP contribution in [0.1, 0.15) is 40.5 Å². The van der Waals surface area contributed by atoms with Gasteiger partial charge < -0.3 is 10.4 Å². The van der Waals surface area contributed by atoms with Crippen LogP contribution in [0.2, 0.25) is 0 Å². The highest BCUT2D eigenvalue weighted by molar-refractivity contribution is 7.09. The van der Waals surface area contributed by atoms with E-state index in [4.69, 9.17) is 0 Å². The van der Waals surface area contributed by atoms with Crippen molar-refractivity contribution in [3.63, 3.8) is 0 Å². The van der Waals surface area contributed by atoms with Crippen LogP contribution >= 0.6 is 11.3 Å². The van der Waals surface area contributed by atoms with Crippen molar-refractivity contribution in [1.29, 1.82) is 0 Å². The molecule has 0 spiro atoms. The molecule has 0 saturated heterocycles. The SMILES string of the molecule is CCc1nnc(NCc2nccs2)c(C(=O)O)c1CC. The van der Waals surface area contributed by atoms with Crippen molar-refractivity contribution in [3.05, 3.63) is 33.4 Å². The Morgan fingerprint density at radius 3 is 2.70 bits per heavy atom. The summed E-state index contributed by atoms with van der Waals surface area (Å²) in [5.74, 6) is -0.671. The fraction of sp³-hybridized carbons (Fsp3) is 0.385. The van der Waals surface area contributed by atoms with Gasteiger partial charge in [-0.1, -0.05) is 13.8 Å². The Balaban J connectivity index is 2.34. The molecule has 6 nitrogen and oxygen atoms in total. The average molecular weight is 292 g/mol. The molecule has 2 aromatic rings. The Hall–Kier alpha value is -2.02. The number of carboxylic acids is 1. The largest absolute Gasteiger partial charge is 0.478 e. The zero-order valence-corrected chi connectivity index (χ0v) is 12.2. The predicted molar refractivity (Wildman–Crippen MR) is 77.2 cm³/mol. The van der Waals surface area contributed by atoms with Crippen LogP contribution in [0, 0.1) is 0 Å². The number of aromatic nitrogens is 3. The van der Waals surface area contributed by atoms with Crippen LogP contribution < -0.4 is 5.32 Å². The van der Waals surface area contributed by atoms with Gasteiger partial charge in [-0.2, -0.15) is 5.10 Å². The van der Waals surface area contributed by atoms with E-state index >= 15 is 0 Å². The van der Waals surface area contributed by atoms with Crippen LogP contribution in [0.4, 0.5) is 5.82 Å². The van der Waals surface area contributed by atoms with Crippen LogP contribution in [0.5, 0.6) is 0 Å². The number of carboxylic acid groups (broad SMARTS) is 1. The summed E-state index contributed by atoms with van der Waals surface area (Å²) in [6.45, 7) is 4.31. The van der Waals surface area contributed by atoms with E-state index in [1.54, 1.807) is 6.20 Å². The molecule has 106 valence electrons.